The summed E-state index contributed by atoms with van der Waals surface area (Å²) in [6, 6.07) is 0. The first-order chi connectivity index (χ1) is 7.84. The SMILES string of the molecule is Cc1csc2c(N/N=C/C3CC3)ncnc12. The van der Waals surface area contributed by atoms with E-state index in [1.807, 2.05) is 6.21 Å². The van der Waals surface area contributed by atoms with Crippen LogP contribution in [0.1, 0.15) is 18.4 Å². The molecule has 82 valence electrons. The first-order valence-corrected chi connectivity index (χ1v) is 6.20. The third-order valence-electron chi connectivity index (χ3n) is 2.61. The largest absolute Gasteiger partial charge is 0.260 e. The Labute approximate surface area is 97.4 Å². The van der Waals surface area contributed by atoms with Crippen molar-refractivity contribution in [2.24, 2.45) is 11.0 Å². The maximum atomic E-state index is 4.26. The van der Waals surface area contributed by atoms with Crippen molar-refractivity contribution in [3.63, 3.8) is 0 Å². The van der Waals surface area contributed by atoms with Crippen LogP contribution in [0.4, 0.5) is 5.82 Å². The fraction of sp³-hybridized carbons (Fsp3) is 0.364. The molecule has 0 bridgehead atoms. The number of hydrogen-bond acceptors (Lipinski definition) is 5. The molecule has 3 rings (SSSR count). The molecule has 1 aliphatic carbocycles. The molecule has 0 aromatic carbocycles. The van der Waals surface area contributed by atoms with Crippen LogP contribution in [0.2, 0.25) is 0 Å². The zero-order valence-electron chi connectivity index (χ0n) is 8.97. The predicted molar refractivity (Wildman–Crippen MR) is 67.0 cm³/mol. The highest BCUT2D eigenvalue weighted by Gasteiger charge is 2.18. The predicted octanol–water partition coefficient (Wildman–Crippen LogP) is 2.81. The number of aromatic nitrogens is 2. The molecule has 1 saturated carbocycles. The zero-order chi connectivity index (χ0) is 11.0. The van der Waals surface area contributed by atoms with Crippen LogP contribution in [-0.4, -0.2) is 16.2 Å². The molecule has 0 saturated heterocycles. The highest BCUT2D eigenvalue weighted by atomic mass is 32.1. The van der Waals surface area contributed by atoms with E-state index in [-0.39, 0.29) is 0 Å². The molecule has 1 N–H and O–H groups in total. The van der Waals surface area contributed by atoms with Gasteiger partial charge in [-0.05, 0) is 36.6 Å². The van der Waals surface area contributed by atoms with Crippen molar-refractivity contribution in [1.82, 2.24) is 9.97 Å². The standard InChI is InChI=1S/C11H12N4S/c1-7-5-16-10-9(7)12-6-13-11(10)15-14-4-8-2-3-8/h4-6,8H,2-3H2,1H3,(H,12,13,15)/b14-4+. The topological polar surface area (TPSA) is 50.2 Å². The summed E-state index contributed by atoms with van der Waals surface area (Å²) >= 11 is 1.65. The molecule has 1 fully saturated rings. The molecule has 2 aromatic rings. The van der Waals surface area contributed by atoms with Gasteiger partial charge in [-0.3, -0.25) is 5.43 Å². The quantitative estimate of drug-likeness (QED) is 0.654. The Bertz CT molecular complexity index is 542. The Morgan fingerprint density at radius 1 is 1.50 bits per heavy atom. The van der Waals surface area contributed by atoms with Crippen molar-refractivity contribution in [2.45, 2.75) is 19.8 Å². The van der Waals surface area contributed by atoms with Gasteiger partial charge in [-0.2, -0.15) is 5.10 Å². The summed E-state index contributed by atoms with van der Waals surface area (Å²) in [6.45, 7) is 2.06. The molecule has 0 radical (unpaired) electrons. The molecule has 1 aliphatic rings. The molecule has 0 spiro atoms. The summed E-state index contributed by atoms with van der Waals surface area (Å²) in [5, 5.41) is 6.30. The number of thiophene rings is 1. The number of hydrazone groups is 1. The third kappa shape index (κ3) is 1.78. The second-order valence-electron chi connectivity index (χ2n) is 4.05. The fourth-order valence-corrected chi connectivity index (χ4v) is 2.44. The van der Waals surface area contributed by atoms with E-state index in [4.69, 9.17) is 0 Å². The van der Waals surface area contributed by atoms with E-state index >= 15 is 0 Å². The van der Waals surface area contributed by atoms with Gasteiger partial charge in [-0.25, -0.2) is 9.97 Å². The maximum absolute atomic E-state index is 4.26. The van der Waals surface area contributed by atoms with Crippen LogP contribution >= 0.6 is 11.3 Å². The van der Waals surface area contributed by atoms with E-state index in [2.05, 4.69) is 32.8 Å². The molecule has 0 amide bonds. The summed E-state index contributed by atoms with van der Waals surface area (Å²) in [4.78, 5) is 8.48. The van der Waals surface area contributed by atoms with Gasteiger partial charge in [0.2, 0.25) is 0 Å². The number of fused-ring (bicyclic) bond motifs is 1. The molecule has 2 aromatic heterocycles. The lowest BCUT2D eigenvalue weighted by atomic mass is 10.3. The Hall–Kier alpha value is -1.49. The Morgan fingerprint density at radius 3 is 3.19 bits per heavy atom. The first kappa shape index (κ1) is 9.72. The molecule has 0 atom stereocenters. The van der Waals surface area contributed by atoms with E-state index in [9.17, 15) is 0 Å². The second-order valence-corrected chi connectivity index (χ2v) is 4.93. The highest BCUT2D eigenvalue weighted by molar-refractivity contribution is 7.17. The average Bonchev–Trinajstić information content (AvgIpc) is 3.04. The van der Waals surface area contributed by atoms with Crippen LogP contribution < -0.4 is 5.43 Å². The average molecular weight is 232 g/mol. The van der Waals surface area contributed by atoms with E-state index in [0.29, 0.717) is 5.92 Å². The first-order valence-electron chi connectivity index (χ1n) is 5.32. The van der Waals surface area contributed by atoms with E-state index < -0.39 is 0 Å². The van der Waals surface area contributed by atoms with Gasteiger partial charge in [-0.15, -0.1) is 11.3 Å². The monoisotopic (exact) mass is 232 g/mol. The Balaban J connectivity index is 1.90. The molecule has 4 nitrogen and oxygen atoms in total. The van der Waals surface area contributed by atoms with E-state index in [1.54, 1.807) is 17.7 Å². The zero-order valence-corrected chi connectivity index (χ0v) is 9.79. The molecular formula is C11H12N4S. The lowest BCUT2D eigenvalue weighted by molar-refractivity contribution is 1.16. The van der Waals surface area contributed by atoms with Gasteiger partial charge < -0.3 is 0 Å². The third-order valence-corrected chi connectivity index (χ3v) is 3.70. The Morgan fingerprint density at radius 2 is 2.38 bits per heavy atom. The van der Waals surface area contributed by atoms with Crippen LogP contribution in [0.15, 0.2) is 16.8 Å². The van der Waals surface area contributed by atoms with Crippen LogP contribution in [0, 0.1) is 12.8 Å². The van der Waals surface area contributed by atoms with Crippen molar-refractivity contribution >= 4 is 33.6 Å². The van der Waals surface area contributed by atoms with E-state index in [0.717, 1.165) is 16.0 Å². The maximum Gasteiger partial charge on any atom is 0.167 e. The molecule has 0 unspecified atom stereocenters. The van der Waals surface area contributed by atoms with Crippen molar-refractivity contribution in [3.8, 4) is 0 Å². The summed E-state index contributed by atoms with van der Waals surface area (Å²) in [5.74, 6) is 1.48. The summed E-state index contributed by atoms with van der Waals surface area (Å²) < 4.78 is 1.08. The Kier molecular flexibility index (Phi) is 2.32. The summed E-state index contributed by atoms with van der Waals surface area (Å²) in [7, 11) is 0. The minimum atomic E-state index is 0.676. The highest BCUT2D eigenvalue weighted by Crippen LogP contribution is 2.29. The molecule has 5 heteroatoms. The van der Waals surface area contributed by atoms with Crippen LogP contribution in [0.3, 0.4) is 0 Å². The van der Waals surface area contributed by atoms with E-state index in [1.165, 1.54) is 18.4 Å². The number of anilines is 1. The van der Waals surface area contributed by atoms with Crippen LogP contribution in [-0.2, 0) is 0 Å². The van der Waals surface area contributed by atoms with Gasteiger partial charge in [-0.1, -0.05) is 0 Å². The molecule has 0 aliphatic heterocycles. The van der Waals surface area contributed by atoms with Crippen molar-refractivity contribution in [3.05, 3.63) is 17.3 Å². The number of aryl methyl sites for hydroxylation is 1. The van der Waals surface area contributed by atoms with Gasteiger partial charge in [0.05, 0.1) is 10.2 Å². The van der Waals surface area contributed by atoms with Crippen LogP contribution in [0.25, 0.3) is 10.2 Å². The van der Waals surface area contributed by atoms with Gasteiger partial charge in [0.25, 0.3) is 0 Å². The van der Waals surface area contributed by atoms with Gasteiger partial charge in [0.1, 0.15) is 6.33 Å². The number of nitrogens with zero attached hydrogens (tertiary/aromatic N) is 3. The minimum absolute atomic E-state index is 0.676. The van der Waals surface area contributed by atoms with Gasteiger partial charge in [0, 0.05) is 6.21 Å². The number of rotatable bonds is 3. The lowest BCUT2D eigenvalue weighted by Crippen LogP contribution is -1.94. The van der Waals surface area contributed by atoms with Gasteiger partial charge >= 0.3 is 0 Å². The normalized spacial score (nSPS) is 16.1. The van der Waals surface area contributed by atoms with Gasteiger partial charge in [0.15, 0.2) is 5.82 Å². The summed E-state index contributed by atoms with van der Waals surface area (Å²) in [6.07, 6.45) is 6.08. The molecule has 16 heavy (non-hydrogen) atoms. The molecule has 2 heterocycles. The summed E-state index contributed by atoms with van der Waals surface area (Å²) in [5.41, 5.74) is 5.21. The minimum Gasteiger partial charge on any atom is -0.260 e. The number of nitrogens with one attached hydrogen (secondary N) is 1. The van der Waals surface area contributed by atoms with Crippen molar-refractivity contribution < 1.29 is 0 Å². The fourth-order valence-electron chi connectivity index (χ4n) is 1.50. The smallest absolute Gasteiger partial charge is 0.167 e. The van der Waals surface area contributed by atoms with Crippen molar-refractivity contribution in [1.29, 1.82) is 0 Å². The lowest BCUT2D eigenvalue weighted by Gasteiger charge is -1.99. The van der Waals surface area contributed by atoms with Crippen LogP contribution in [0.5, 0.6) is 0 Å². The second kappa shape index (κ2) is 3.83. The van der Waals surface area contributed by atoms with Crippen molar-refractivity contribution in [2.75, 3.05) is 5.43 Å². The number of hydrogen-bond donors (Lipinski definition) is 1. The molecular weight excluding hydrogens is 220 g/mol.